The molecule has 1 N–H and O–H groups in total. The van der Waals surface area contributed by atoms with Gasteiger partial charge in [0.2, 0.25) is 0 Å². The molecule has 1 aliphatic rings. The Hall–Kier alpha value is -2.74. The minimum Gasteiger partial charge on any atom is -0.355 e. The Bertz CT molecular complexity index is 1040. The summed E-state index contributed by atoms with van der Waals surface area (Å²) in [6.45, 7) is 0.581. The molecule has 1 aromatic carbocycles. The van der Waals surface area contributed by atoms with Crippen LogP contribution in [0.25, 0.3) is 11.3 Å². The third kappa shape index (κ3) is 4.00. The zero-order chi connectivity index (χ0) is 18.8. The van der Waals surface area contributed by atoms with Crippen LogP contribution in [0.2, 0.25) is 0 Å². The summed E-state index contributed by atoms with van der Waals surface area (Å²) < 4.78 is 7.52. The van der Waals surface area contributed by atoms with Crippen molar-refractivity contribution >= 4 is 21.8 Å². The molecule has 7 nitrogen and oxygen atoms in total. The molecule has 3 aromatic rings. The van der Waals surface area contributed by atoms with E-state index < -0.39 is 0 Å². The Morgan fingerprint density at radius 1 is 1.26 bits per heavy atom. The first kappa shape index (κ1) is 17.7. The lowest BCUT2D eigenvalue weighted by molar-refractivity contribution is 0.0942. The zero-order valence-corrected chi connectivity index (χ0v) is 16.0. The number of aromatic nitrogens is 3. The molecule has 0 atom stereocenters. The zero-order valence-electron chi connectivity index (χ0n) is 14.4. The summed E-state index contributed by atoms with van der Waals surface area (Å²) in [4.78, 5) is 24.2. The van der Waals surface area contributed by atoms with E-state index in [-0.39, 0.29) is 23.7 Å². The predicted molar refractivity (Wildman–Crippen MR) is 102 cm³/mol. The average molecular weight is 429 g/mol. The molecule has 1 fully saturated rings. The third-order valence-electron chi connectivity index (χ3n) is 4.37. The molecule has 27 heavy (non-hydrogen) atoms. The van der Waals surface area contributed by atoms with Gasteiger partial charge in [0.1, 0.15) is 0 Å². The van der Waals surface area contributed by atoms with Crippen LogP contribution < -0.4 is 10.9 Å². The van der Waals surface area contributed by atoms with Gasteiger partial charge in [0.25, 0.3) is 11.5 Å². The van der Waals surface area contributed by atoms with Crippen LogP contribution in [0.15, 0.2) is 56.3 Å². The largest absolute Gasteiger partial charge is 0.355 e. The van der Waals surface area contributed by atoms with Crippen LogP contribution in [-0.2, 0) is 6.54 Å². The van der Waals surface area contributed by atoms with Gasteiger partial charge in [-0.25, -0.2) is 4.68 Å². The molecule has 0 aliphatic heterocycles. The van der Waals surface area contributed by atoms with Crippen molar-refractivity contribution in [1.82, 2.24) is 20.3 Å². The van der Waals surface area contributed by atoms with Crippen molar-refractivity contribution in [3.05, 3.63) is 68.7 Å². The first-order valence-electron chi connectivity index (χ1n) is 8.70. The molecule has 0 saturated heterocycles. The number of carbonyl (C=O) groups is 1. The lowest BCUT2D eigenvalue weighted by Gasteiger charge is -2.07. The van der Waals surface area contributed by atoms with Gasteiger partial charge >= 0.3 is 0 Å². The van der Waals surface area contributed by atoms with E-state index in [9.17, 15) is 9.59 Å². The lowest BCUT2D eigenvalue weighted by Crippen LogP contribution is -2.32. The van der Waals surface area contributed by atoms with Gasteiger partial charge in [-0.1, -0.05) is 33.2 Å². The lowest BCUT2D eigenvalue weighted by atomic mass is 10.1. The topological polar surface area (TPSA) is 90.0 Å². The molecular formula is C19H17BrN4O3. The second-order valence-corrected chi connectivity index (χ2v) is 7.26. The molecule has 2 heterocycles. The monoisotopic (exact) mass is 428 g/mol. The summed E-state index contributed by atoms with van der Waals surface area (Å²) in [7, 11) is 0. The van der Waals surface area contributed by atoms with Crippen LogP contribution in [0.4, 0.5) is 0 Å². The summed E-state index contributed by atoms with van der Waals surface area (Å²) in [6, 6.07) is 12.4. The Kier molecular flexibility index (Phi) is 4.89. The van der Waals surface area contributed by atoms with E-state index in [0.29, 0.717) is 18.2 Å². The molecule has 2 aromatic heterocycles. The standard InChI is InChI=1S/C19H17BrN4O3/c20-14-4-2-1-3-13(14)17-11-16(23-27-17)19(26)21-9-10-24-18(25)8-7-15(22-24)12-5-6-12/h1-4,7-8,11-12H,5-6,9-10H2,(H,21,26). The van der Waals surface area contributed by atoms with E-state index in [1.54, 1.807) is 12.1 Å². The first-order chi connectivity index (χ1) is 13.1. The molecule has 0 radical (unpaired) electrons. The second-order valence-electron chi connectivity index (χ2n) is 6.41. The maximum absolute atomic E-state index is 12.3. The van der Waals surface area contributed by atoms with Gasteiger partial charge in [-0.05, 0) is 31.0 Å². The number of carbonyl (C=O) groups excluding carboxylic acids is 1. The van der Waals surface area contributed by atoms with E-state index in [1.807, 2.05) is 24.3 Å². The summed E-state index contributed by atoms with van der Waals surface area (Å²) in [5.74, 6) is 0.614. The minimum absolute atomic E-state index is 0.175. The normalized spacial score (nSPS) is 13.5. The van der Waals surface area contributed by atoms with E-state index in [4.69, 9.17) is 4.52 Å². The quantitative estimate of drug-likeness (QED) is 0.651. The van der Waals surface area contributed by atoms with Crippen molar-refractivity contribution in [1.29, 1.82) is 0 Å². The fourth-order valence-corrected chi connectivity index (χ4v) is 3.24. The molecule has 4 rings (SSSR count). The Labute approximate surface area is 163 Å². The van der Waals surface area contributed by atoms with Crippen LogP contribution >= 0.6 is 15.9 Å². The van der Waals surface area contributed by atoms with Crippen molar-refractivity contribution in [2.24, 2.45) is 0 Å². The van der Waals surface area contributed by atoms with Gasteiger partial charge < -0.3 is 9.84 Å². The maximum Gasteiger partial charge on any atom is 0.273 e. The van der Waals surface area contributed by atoms with Crippen LogP contribution in [0.5, 0.6) is 0 Å². The molecule has 0 unspecified atom stereocenters. The van der Waals surface area contributed by atoms with Crippen molar-refractivity contribution in [3.8, 4) is 11.3 Å². The van der Waals surface area contributed by atoms with E-state index in [2.05, 4.69) is 31.5 Å². The Morgan fingerprint density at radius 2 is 2.07 bits per heavy atom. The highest BCUT2D eigenvalue weighted by molar-refractivity contribution is 9.10. The van der Waals surface area contributed by atoms with Crippen LogP contribution in [0, 0.1) is 0 Å². The second kappa shape index (κ2) is 7.48. The Morgan fingerprint density at radius 3 is 2.85 bits per heavy atom. The van der Waals surface area contributed by atoms with Crippen molar-refractivity contribution in [2.75, 3.05) is 6.54 Å². The average Bonchev–Trinajstić information content (AvgIpc) is 3.40. The number of hydrogen-bond acceptors (Lipinski definition) is 5. The minimum atomic E-state index is -0.358. The maximum atomic E-state index is 12.3. The van der Waals surface area contributed by atoms with Crippen LogP contribution in [0.3, 0.4) is 0 Å². The summed E-state index contributed by atoms with van der Waals surface area (Å²) in [5, 5.41) is 10.9. The van der Waals surface area contributed by atoms with E-state index >= 15 is 0 Å². The van der Waals surface area contributed by atoms with Crippen molar-refractivity contribution < 1.29 is 9.32 Å². The molecule has 0 spiro atoms. The Balaban J connectivity index is 1.38. The van der Waals surface area contributed by atoms with Crippen LogP contribution in [0.1, 0.15) is 34.9 Å². The number of nitrogens with zero attached hydrogens (tertiary/aromatic N) is 3. The number of halogens is 1. The van der Waals surface area contributed by atoms with E-state index in [0.717, 1.165) is 28.6 Å². The molecule has 0 bridgehead atoms. The highest BCUT2D eigenvalue weighted by Crippen LogP contribution is 2.38. The predicted octanol–water partition coefficient (Wildman–Crippen LogP) is 2.97. The van der Waals surface area contributed by atoms with Gasteiger partial charge in [0, 0.05) is 34.6 Å². The number of hydrogen-bond donors (Lipinski definition) is 1. The smallest absolute Gasteiger partial charge is 0.273 e. The van der Waals surface area contributed by atoms with Gasteiger partial charge in [0.05, 0.1) is 12.2 Å². The number of nitrogens with one attached hydrogen (secondary N) is 1. The molecule has 138 valence electrons. The van der Waals surface area contributed by atoms with Gasteiger partial charge in [-0.2, -0.15) is 5.10 Å². The third-order valence-corrected chi connectivity index (χ3v) is 5.07. The molecule has 8 heteroatoms. The molecule has 1 aliphatic carbocycles. The van der Waals surface area contributed by atoms with Gasteiger partial charge in [-0.15, -0.1) is 0 Å². The molecule has 1 amide bonds. The summed E-state index contributed by atoms with van der Waals surface area (Å²) in [6.07, 6.45) is 2.24. The highest BCUT2D eigenvalue weighted by atomic mass is 79.9. The SMILES string of the molecule is O=C(NCCn1nc(C2CC2)ccc1=O)c1cc(-c2ccccc2Br)on1. The van der Waals surface area contributed by atoms with Crippen molar-refractivity contribution in [2.45, 2.75) is 25.3 Å². The number of rotatable bonds is 6. The highest BCUT2D eigenvalue weighted by Gasteiger charge is 2.25. The number of amides is 1. The van der Waals surface area contributed by atoms with Gasteiger partial charge in [0.15, 0.2) is 11.5 Å². The fourth-order valence-electron chi connectivity index (χ4n) is 2.76. The first-order valence-corrected chi connectivity index (χ1v) is 9.49. The van der Waals surface area contributed by atoms with Gasteiger partial charge in [-0.3, -0.25) is 9.59 Å². The molecular weight excluding hydrogens is 412 g/mol. The van der Waals surface area contributed by atoms with Crippen molar-refractivity contribution in [3.63, 3.8) is 0 Å². The summed E-state index contributed by atoms with van der Waals surface area (Å²) >= 11 is 3.45. The number of benzene rings is 1. The fraction of sp³-hybridized carbons (Fsp3) is 0.263. The van der Waals surface area contributed by atoms with Crippen LogP contribution in [-0.4, -0.2) is 27.4 Å². The van der Waals surface area contributed by atoms with E-state index in [1.165, 1.54) is 10.7 Å². The molecule has 1 saturated carbocycles. The summed E-state index contributed by atoms with van der Waals surface area (Å²) in [5.41, 5.74) is 1.77.